The first-order valence-corrected chi connectivity index (χ1v) is 8.10. The molecule has 7 nitrogen and oxygen atoms in total. The summed E-state index contributed by atoms with van der Waals surface area (Å²) in [6, 6.07) is 5.47. The first kappa shape index (κ1) is 19.6. The average Bonchev–Trinajstić information content (AvgIpc) is 2.58. The second kappa shape index (κ2) is 8.59. The van der Waals surface area contributed by atoms with E-state index in [1.807, 2.05) is 6.92 Å². The number of carboxylic acids is 1. The van der Waals surface area contributed by atoms with Crippen molar-refractivity contribution in [3.63, 3.8) is 0 Å². The van der Waals surface area contributed by atoms with E-state index in [2.05, 4.69) is 10.1 Å². The van der Waals surface area contributed by atoms with Gasteiger partial charge in [-0.2, -0.15) is 8.78 Å². The van der Waals surface area contributed by atoms with E-state index in [0.29, 0.717) is 13.0 Å². The van der Waals surface area contributed by atoms with Gasteiger partial charge in [0.2, 0.25) is 5.91 Å². The molecule has 1 saturated heterocycles. The van der Waals surface area contributed by atoms with Crippen molar-refractivity contribution < 1.29 is 33.0 Å². The lowest BCUT2D eigenvalue weighted by atomic mass is 9.90. The molecule has 0 bridgehead atoms. The fourth-order valence-corrected chi connectivity index (χ4v) is 2.95. The minimum atomic E-state index is -3.08. The first-order chi connectivity index (χ1) is 12.3. The maximum absolute atomic E-state index is 12.4. The standard InChI is InChI=1S/C17H20F2N2O5/c1-10-6-11(16(24)25)9-21(8-10)14(22)7-20-15(23)12-4-2-3-5-13(12)26-17(18)19/h2-5,10-11,17H,6-9H2,1H3,(H,20,23)(H,24,25). The number of hydrogen-bond donors (Lipinski definition) is 2. The number of carbonyl (C=O) groups excluding carboxylic acids is 2. The number of amides is 2. The van der Waals surface area contributed by atoms with Crippen molar-refractivity contribution in [1.29, 1.82) is 0 Å². The number of halogens is 2. The zero-order valence-corrected chi connectivity index (χ0v) is 14.2. The number of carbonyl (C=O) groups is 3. The van der Waals surface area contributed by atoms with Gasteiger partial charge in [0.1, 0.15) is 5.75 Å². The lowest BCUT2D eigenvalue weighted by Gasteiger charge is -2.34. The van der Waals surface area contributed by atoms with Crippen LogP contribution in [-0.4, -0.2) is 54.0 Å². The molecule has 0 saturated carbocycles. The van der Waals surface area contributed by atoms with E-state index >= 15 is 0 Å². The van der Waals surface area contributed by atoms with Gasteiger partial charge in [0.15, 0.2) is 0 Å². The molecule has 2 N–H and O–H groups in total. The Hall–Kier alpha value is -2.71. The van der Waals surface area contributed by atoms with Crippen LogP contribution in [0.4, 0.5) is 8.78 Å². The van der Waals surface area contributed by atoms with Crippen molar-refractivity contribution in [2.45, 2.75) is 20.0 Å². The maximum atomic E-state index is 12.4. The van der Waals surface area contributed by atoms with Crippen LogP contribution in [0.5, 0.6) is 5.75 Å². The van der Waals surface area contributed by atoms with Gasteiger partial charge in [-0.15, -0.1) is 0 Å². The van der Waals surface area contributed by atoms with Gasteiger partial charge in [0, 0.05) is 13.1 Å². The normalized spacial score (nSPS) is 19.9. The number of carboxylic acid groups (broad SMARTS) is 1. The van der Waals surface area contributed by atoms with Gasteiger partial charge in [0.25, 0.3) is 5.91 Å². The second-order valence-electron chi connectivity index (χ2n) is 6.23. The van der Waals surface area contributed by atoms with E-state index < -0.39 is 30.3 Å². The Morgan fingerprint density at radius 3 is 2.65 bits per heavy atom. The number of aliphatic carboxylic acids is 1. The van der Waals surface area contributed by atoms with Gasteiger partial charge in [-0.25, -0.2) is 0 Å². The van der Waals surface area contributed by atoms with Gasteiger partial charge in [-0.1, -0.05) is 19.1 Å². The summed E-state index contributed by atoms with van der Waals surface area (Å²) in [6.07, 6.45) is 0.490. The van der Waals surface area contributed by atoms with Crippen LogP contribution in [0.2, 0.25) is 0 Å². The van der Waals surface area contributed by atoms with Crippen LogP contribution in [0.15, 0.2) is 24.3 Å². The van der Waals surface area contributed by atoms with E-state index in [4.69, 9.17) is 5.11 Å². The Balaban J connectivity index is 1.97. The third-order valence-corrected chi connectivity index (χ3v) is 4.11. The van der Waals surface area contributed by atoms with Gasteiger partial charge in [-0.3, -0.25) is 14.4 Å². The van der Waals surface area contributed by atoms with Crippen LogP contribution in [0.1, 0.15) is 23.7 Å². The van der Waals surface area contributed by atoms with Gasteiger partial charge >= 0.3 is 12.6 Å². The van der Waals surface area contributed by atoms with Gasteiger partial charge < -0.3 is 20.1 Å². The molecule has 1 aromatic carbocycles. The molecule has 1 fully saturated rings. The quantitative estimate of drug-likeness (QED) is 0.793. The lowest BCUT2D eigenvalue weighted by molar-refractivity contribution is -0.146. The smallest absolute Gasteiger partial charge is 0.387 e. The predicted molar refractivity (Wildman–Crippen MR) is 86.9 cm³/mol. The minimum absolute atomic E-state index is 0.0321. The highest BCUT2D eigenvalue weighted by atomic mass is 19.3. The Kier molecular flexibility index (Phi) is 6.48. The highest BCUT2D eigenvalue weighted by Gasteiger charge is 2.31. The van der Waals surface area contributed by atoms with Crippen molar-refractivity contribution in [1.82, 2.24) is 10.2 Å². The lowest BCUT2D eigenvalue weighted by Crippen LogP contribution is -2.48. The predicted octanol–water partition coefficient (Wildman–Crippen LogP) is 1.59. The van der Waals surface area contributed by atoms with Crippen LogP contribution >= 0.6 is 0 Å². The zero-order valence-electron chi connectivity index (χ0n) is 14.2. The van der Waals surface area contributed by atoms with E-state index in [0.717, 1.165) is 0 Å². The van der Waals surface area contributed by atoms with Crippen LogP contribution in [0.3, 0.4) is 0 Å². The Bertz CT molecular complexity index is 683. The van der Waals surface area contributed by atoms with E-state index in [9.17, 15) is 23.2 Å². The molecule has 2 amide bonds. The summed E-state index contributed by atoms with van der Waals surface area (Å²) in [6.45, 7) is -1.09. The molecule has 0 spiro atoms. The molecule has 1 aliphatic rings. The monoisotopic (exact) mass is 370 g/mol. The minimum Gasteiger partial charge on any atom is -0.481 e. The molecule has 1 aliphatic heterocycles. The van der Waals surface area contributed by atoms with Crippen molar-refractivity contribution in [2.24, 2.45) is 11.8 Å². The number of nitrogens with one attached hydrogen (secondary N) is 1. The summed E-state index contributed by atoms with van der Waals surface area (Å²) in [5, 5.41) is 11.5. The molecule has 0 radical (unpaired) electrons. The number of alkyl halides is 2. The second-order valence-corrected chi connectivity index (χ2v) is 6.23. The van der Waals surface area contributed by atoms with Crippen molar-refractivity contribution in [2.75, 3.05) is 19.6 Å². The highest BCUT2D eigenvalue weighted by molar-refractivity contribution is 5.98. The Labute approximate surface area is 148 Å². The largest absolute Gasteiger partial charge is 0.481 e. The molecule has 2 rings (SSSR count). The summed E-state index contributed by atoms with van der Waals surface area (Å²) in [7, 11) is 0. The SMILES string of the molecule is CC1CC(C(=O)O)CN(C(=O)CNC(=O)c2ccccc2OC(F)F)C1. The molecule has 0 aromatic heterocycles. The number of hydrogen-bond acceptors (Lipinski definition) is 4. The van der Waals surface area contributed by atoms with E-state index in [1.165, 1.54) is 29.2 Å². The van der Waals surface area contributed by atoms with Crippen LogP contribution in [0.25, 0.3) is 0 Å². The zero-order chi connectivity index (χ0) is 19.3. The van der Waals surface area contributed by atoms with E-state index in [-0.39, 0.29) is 30.3 Å². The molecule has 1 heterocycles. The Morgan fingerprint density at radius 1 is 1.31 bits per heavy atom. The Morgan fingerprint density at radius 2 is 2.00 bits per heavy atom. The van der Waals surface area contributed by atoms with Crippen molar-refractivity contribution in [3.8, 4) is 5.75 Å². The average molecular weight is 370 g/mol. The van der Waals surface area contributed by atoms with Gasteiger partial charge in [-0.05, 0) is 24.5 Å². The molecule has 0 aliphatic carbocycles. The number of nitrogens with zero attached hydrogens (tertiary/aromatic N) is 1. The number of ether oxygens (including phenoxy) is 1. The number of rotatable bonds is 6. The number of piperidine rings is 1. The fourth-order valence-electron chi connectivity index (χ4n) is 2.95. The summed E-state index contributed by atoms with van der Waals surface area (Å²) >= 11 is 0. The molecule has 2 atom stereocenters. The van der Waals surface area contributed by atoms with Gasteiger partial charge in [0.05, 0.1) is 18.0 Å². The molecule has 26 heavy (non-hydrogen) atoms. The molecule has 2 unspecified atom stereocenters. The van der Waals surface area contributed by atoms with Crippen LogP contribution in [0, 0.1) is 11.8 Å². The fraction of sp³-hybridized carbons (Fsp3) is 0.471. The first-order valence-electron chi connectivity index (χ1n) is 8.10. The molecular weight excluding hydrogens is 350 g/mol. The highest BCUT2D eigenvalue weighted by Crippen LogP contribution is 2.22. The van der Waals surface area contributed by atoms with E-state index in [1.54, 1.807) is 0 Å². The number of para-hydroxylation sites is 1. The topological polar surface area (TPSA) is 95.9 Å². The number of benzene rings is 1. The van der Waals surface area contributed by atoms with Crippen molar-refractivity contribution in [3.05, 3.63) is 29.8 Å². The molecule has 9 heteroatoms. The molecular formula is C17H20F2N2O5. The number of likely N-dealkylation sites (tertiary alicyclic amines) is 1. The summed E-state index contributed by atoms with van der Waals surface area (Å²) in [5.41, 5.74) is -0.115. The van der Waals surface area contributed by atoms with Crippen LogP contribution < -0.4 is 10.1 Å². The summed E-state index contributed by atoms with van der Waals surface area (Å²) in [4.78, 5) is 37.0. The van der Waals surface area contributed by atoms with Crippen LogP contribution in [-0.2, 0) is 9.59 Å². The van der Waals surface area contributed by atoms with Crippen molar-refractivity contribution >= 4 is 17.8 Å². The third kappa shape index (κ3) is 5.14. The maximum Gasteiger partial charge on any atom is 0.387 e. The molecule has 142 valence electrons. The molecule has 1 aromatic rings. The summed E-state index contributed by atoms with van der Waals surface area (Å²) in [5.74, 6) is -3.01. The summed E-state index contributed by atoms with van der Waals surface area (Å²) < 4.78 is 29.1. The third-order valence-electron chi connectivity index (χ3n) is 4.11.